The minimum absolute atomic E-state index is 0.0489. The van der Waals surface area contributed by atoms with Crippen molar-refractivity contribution in [3.8, 4) is 11.8 Å². The van der Waals surface area contributed by atoms with Gasteiger partial charge in [-0.2, -0.15) is 4.98 Å². The van der Waals surface area contributed by atoms with E-state index in [0.29, 0.717) is 29.7 Å². The number of hydrogen-bond donors (Lipinski definition) is 3. The van der Waals surface area contributed by atoms with Crippen LogP contribution in [0.5, 0.6) is 11.8 Å². The molecule has 1 aromatic carbocycles. The molecule has 0 aliphatic carbocycles. The Kier molecular flexibility index (Phi) is 5.79. The number of amides is 1. The minimum atomic E-state index is -0.0584. The van der Waals surface area contributed by atoms with Gasteiger partial charge in [0.15, 0.2) is 0 Å². The van der Waals surface area contributed by atoms with Crippen molar-refractivity contribution in [2.75, 3.05) is 11.9 Å². The number of rotatable bonds is 4. The van der Waals surface area contributed by atoms with E-state index in [9.17, 15) is 4.79 Å². The summed E-state index contributed by atoms with van der Waals surface area (Å²) in [6.07, 6.45) is 0. The van der Waals surface area contributed by atoms with Crippen molar-refractivity contribution in [3.05, 3.63) is 46.2 Å². The van der Waals surface area contributed by atoms with E-state index in [-0.39, 0.29) is 22.8 Å². The zero-order valence-electron chi connectivity index (χ0n) is 19.3. The van der Waals surface area contributed by atoms with Crippen molar-refractivity contribution in [3.63, 3.8) is 0 Å². The molecule has 0 spiro atoms. The number of carbonyl (C=O) groups excluding carboxylic acids is 1. The highest BCUT2D eigenvalue weighted by Gasteiger charge is 2.24. The van der Waals surface area contributed by atoms with E-state index in [4.69, 9.17) is 16.3 Å². The van der Waals surface area contributed by atoms with Crippen LogP contribution in [-0.4, -0.2) is 39.0 Å². The van der Waals surface area contributed by atoms with E-state index >= 15 is 0 Å². The topological polar surface area (TPSA) is 101 Å². The number of hydrogen-bond acceptors (Lipinski definition) is 8. The van der Waals surface area contributed by atoms with Crippen LogP contribution in [0.3, 0.4) is 0 Å². The molecule has 4 aromatic rings. The zero-order chi connectivity index (χ0) is 24.0. The molecule has 0 fully saturated rings. The summed E-state index contributed by atoms with van der Waals surface area (Å²) in [7, 11) is 0. The van der Waals surface area contributed by atoms with Gasteiger partial charge in [0, 0.05) is 52.3 Å². The fourth-order valence-electron chi connectivity index (χ4n) is 3.81. The minimum Gasteiger partial charge on any atom is -0.421 e. The second-order valence-electron chi connectivity index (χ2n) is 9.39. The molecule has 0 unspecified atom stereocenters. The summed E-state index contributed by atoms with van der Waals surface area (Å²) in [5.74, 6) is 0.680. The smallest absolute Gasteiger partial charge is 0.263 e. The van der Waals surface area contributed by atoms with Gasteiger partial charge in [0.25, 0.3) is 5.91 Å². The van der Waals surface area contributed by atoms with Crippen LogP contribution in [0.2, 0.25) is 5.28 Å². The maximum absolute atomic E-state index is 12.6. The lowest BCUT2D eigenvalue weighted by molar-refractivity contribution is 0.0949. The molecule has 1 aliphatic heterocycles. The summed E-state index contributed by atoms with van der Waals surface area (Å²) in [6, 6.07) is 9.50. The van der Waals surface area contributed by atoms with Gasteiger partial charge >= 0.3 is 0 Å². The number of carbonyl (C=O) groups is 1. The van der Waals surface area contributed by atoms with E-state index in [1.807, 2.05) is 25.1 Å². The van der Waals surface area contributed by atoms with Crippen LogP contribution in [-0.2, 0) is 6.54 Å². The number of ether oxygens (including phenoxy) is 1. The number of anilines is 1. The van der Waals surface area contributed by atoms with Crippen LogP contribution in [0.15, 0.2) is 30.3 Å². The number of halogens is 1. The largest absolute Gasteiger partial charge is 0.421 e. The Balaban J connectivity index is 1.48. The third kappa shape index (κ3) is 4.64. The molecule has 1 atom stereocenters. The Morgan fingerprint density at radius 1 is 1.18 bits per heavy atom. The molecule has 4 heterocycles. The highest BCUT2D eigenvalue weighted by Crippen LogP contribution is 2.41. The number of pyridine rings is 1. The Hall–Kier alpha value is -3.01. The predicted octanol–water partition coefficient (Wildman–Crippen LogP) is 5.12. The van der Waals surface area contributed by atoms with Crippen molar-refractivity contribution >= 4 is 55.5 Å². The van der Waals surface area contributed by atoms with Crippen LogP contribution in [0.25, 0.3) is 21.0 Å². The number of nitrogens with zero attached hydrogens (tertiary/aromatic N) is 3. The first-order valence-electron chi connectivity index (χ1n) is 11.0. The van der Waals surface area contributed by atoms with Gasteiger partial charge in [-0.05, 0) is 57.5 Å². The lowest BCUT2D eigenvalue weighted by Crippen LogP contribution is -2.35. The second-order valence-corrected chi connectivity index (χ2v) is 10.8. The van der Waals surface area contributed by atoms with Crippen LogP contribution >= 0.6 is 22.9 Å². The number of fused-ring (bicyclic) bond motifs is 5. The van der Waals surface area contributed by atoms with Crippen LogP contribution in [0, 0.1) is 0 Å². The number of thiophene rings is 1. The molecule has 3 N–H and O–H groups in total. The zero-order valence-corrected chi connectivity index (χ0v) is 20.9. The summed E-state index contributed by atoms with van der Waals surface area (Å²) in [6.45, 7) is 9.43. The summed E-state index contributed by atoms with van der Waals surface area (Å²) in [5.41, 5.74) is 2.30. The van der Waals surface area contributed by atoms with Crippen molar-refractivity contribution in [1.29, 1.82) is 0 Å². The molecule has 8 nitrogen and oxygen atoms in total. The van der Waals surface area contributed by atoms with Gasteiger partial charge in [-0.15, -0.1) is 11.3 Å². The maximum Gasteiger partial charge on any atom is 0.263 e. The Morgan fingerprint density at radius 3 is 2.79 bits per heavy atom. The van der Waals surface area contributed by atoms with Crippen LogP contribution in [0.1, 0.15) is 43.1 Å². The van der Waals surface area contributed by atoms with E-state index in [0.717, 1.165) is 32.4 Å². The predicted molar refractivity (Wildman–Crippen MR) is 136 cm³/mol. The molecule has 5 rings (SSSR count). The lowest BCUT2D eigenvalue weighted by Gasteiger charge is -2.20. The van der Waals surface area contributed by atoms with Gasteiger partial charge < -0.3 is 20.7 Å². The monoisotopic (exact) mass is 496 g/mol. The SMILES string of the molecule is C[C@@H]1CNc2c(sc3ccc4nc(Oc5cc(CNC(C)(C)C)nc(Cl)n5)ccc4c23)C(=O)N1. The molecule has 34 heavy (non-hydrogen) atoms. The van der Waals surface area contributed by atoms with Crippen LogP contribution in [0.4, 0.5) is 5.69 Å². The number of nitrogens with one attached hydrogen (secondary N) is 3. The summed E-state index contributed by atoms with van der Waals surface area (Å²) in [4.78, 5) is 26.5. The highest BCUT2D eigenvalue weighted by molar-refractivity contribution is 7.21. The molecule has 0 radical (unpaired) electrons. The first kappa shape index (κ1) is 22.8. The molecule has 1 aliphatic rings. The average Bonchev–Trinajstić information content (AvgIpc) is 3.08. The lowest BCUT2D eigenvalue weighted by atomic mass is 10.1. The highest BCUT2D eigenvalue weighted by atomic mass is 35.5. The van der Waals surface area contributed by atoms with Gasteiger partial charge in [0.2, 0.25) is 17.0 Å². The quantitative estimate of drug-likeness (QED) is 0.337. The summed E-state index contributed by atoms with van der Waals surface area (Å²) < 4.78 is 6.98. The van der Waals surface area contributed by atoms with Crippen LogP contribution < -0.4 is 20.7 Å². The fraction of sp³-hybridized carbons (Fsp3) is 0.333. The van der Waals surface area contributed by atoms with Gasteiger partial charge in [-0.25, -0.2) is 9.97 Å². The first-order chi connectivity index (χ1) is 16.2. The number of aromatic nitrogens is 3. The normalized spacial score (nSPS) is 16.1. The van der Waals surface area contributed by atoms with E-state index in [1.54, 1.807) is 12.1 Å². The van der Waals surface area contributed by atoms with Gasteiger partial charge in [0.05, 0.1) is 16.9 Å². The Morgan fingerprint density at radius 2 is 2.00 bits per heavy atom. The fourth-order valence-corrected chi connectivity index (χ4v) is 5.10. The molecule has 3 aromatic heterocycles. The molecule has 0 bridgehead atoms. The Labute approximate surface area is 206 Å². The molecule has 1 amide bonds. The number of benzene rings is 1. The van der Waals surface area contributed by atoms with Crippen molar-refractivity contribution in [1.82, 2.24) is 25.6 Å². The van der Waals surface area contributed by atoms with Crippen molar-refractivity contribution in [2.24, 2.45) is 0 Å². The van der Waals surface area contributed by atoms with E-state index in [2.05, 4.69) is 51.7 Å². The second kappa shape index (κ2) is 8.65. The molecule has 0 saturated heterocycles. The van der Waals surface area contributed by atoms with E-state index in [1.165, 1.54) is 11.3 Å². The maximum atomic E-state index is 12.6. The van der Waals surface area contributed by atoms with Gasteiger partial charge in [-0.1, -0.05) is 0 Å². The average molecular weight is 497 g/mol. The molecular weight excluding hydrogens is 472 g/mol. The van der Waals surface area contributed by atoms with Gasteiger partial charge in [-0.3, -0.25) is 4.79 Å². The van der Waals surface area contributed by atoms with Crippen molar-refractivity contribution < 1.29 is 9.53 Å². The standard InChI is InChI=1S/C24H25ClN6O2S/c1-12-10-26-20-19-14-5-8-17(30-15(14)6-7-16(19)34-21(20)22(32)28-12)33-18-9-13(29-23(25)31-18)11-27-24(2,3)4/h5-9,12,26-27H,10-11H2,1-4H3,(H,28,32)/t12-/m1/s1. The third-order valence-corrected chi connectivity index (χ3v) is 6.73. The summed E-state index contributed by atoms with van der Waals surface area (Å²) in [5, 5.41) is 11.9. The van der Waals surface area contributed by atoms with Gasteiger partial charge in [0.1, 0.15) is 4.88 Å². The Bertz CT molecular complexity index is 1410. The third-order valence-electron chi connectivity index (χ3n) is 5.40. The first-order valence-corrected chi connectivity index (χ1v) is 12.2. The van der Waals surface area contributed by atoms with E-state index < -0.39 is 0 Å². The van der Waals surface area contributed by atoms with Crippen molar-refractivity contribution in [2.45, 2.75) is 45.8 Å². The molecule has 176 valence electrons. The molecular formula is C24H25ClN6O2S. The molecule has 10 heteroatoms. The molecule has 0 saturated carbocycles. The summed E-state index contributed by atoms with van der Waals surface area (Å²) >= 11 is 7.61.